The zero-order chi connectivity index (χ0) is 22.1. The highest BCUT2D eigenvalue weighted by Crippen LogP contribution is 2.48. The van der Waals surface area contributed by atoms with Crippen molar-refractivity contribution in [2.75, 3.05) is 18.4 Å². The Morgan fingerprint density at radius 3 is 2.59 bits per heavy atom. The molecular formula is C24H21BrClN5O. The Kier molecular flexibility index (Phi) is 5.61. The maximum atomic E-state index is 12.8. The van der Waals surface area contributed by atoms with Crippen molar-refractivity contribution >= 4 is 44.9 Å². The van der Waals surface area contributed by atoms with Crippen LogP contribution >= 0.6 is 27.5 Å². The first-order valence-corrected chi connectivity index (χ1v) is 11.6. The summed E-state index contributed by atoms with van der Waals surface area (Å²) in [6, 6.07) is 19.5. The van der Waals surface area contributed by atoms with Crippen LogP contribution in [-0.4, -0.2) is 33.6 Å². The Morgan fingerprint density at radius 1 is 1.09 bits per heavy atom. The molecule has 162 valence electrons. The Balaban J connectivity index is 1.31. The smallest absolute Gasteiger partial charge is 0.230 e. The van der Waals surface area contributed by atoms with Crippen molar-refractivity contribution in [2.45, 2.75) is 18.3 Å². The molecular weight excluding hydrogens is 490 g/mol. The average Bonchev–Trinajstić information content (AvgIpc) is 3.55. The van der Waals surface area contributed by atoms with E-state index < -0.39 is 0 Å². The minimum atomic E-state index is -0.366. The number of carbonyl (C=O) groups excluding carboxylic acids is 1. The van der Waals surface area contributed by atoms with Crippen LogP contribution in [-0.2, 0) is 10.2 Å². The molecule has 0 unspecified atom stereocenters. The van der Waals surface area contributed by atoms with E-state index in [0.29, 0.717) is 23.8 Å². The molecule has 1 fully saturated rings. The molecule has 0 atom stereocenters. The molecule has 6 nitrogen and oxygen atoms in total. The van der Waals surface area contributed by atoms with Crippen molar-refractivity contribution in [3.05, 3.63) is 81.9 Å². The number of anilines is 1. The van der Waals surface area contributed by atoms with Gasteiger partial charge in [-0.2, -0.15) is 9.61 Å². The van der Waals surface area contributed by atoms with E-state index in [2.05, 4.69) is 31.7 Å². The molecule has 2 N–H and O–H groups in total. The van der Waals surface area contributed by atoms with Gasteiger partial charge in [0, 0.05) is 29.7 Å². The summed E-state index contributed by atoms with van der Waals surface area (Å²) in [6.07, 6.45) is 3.50. The van der Waals surface area contributed by atoms with Crippen molar-refractivity contribution in [1.29, 1.82) is 0 Å². The largest absolute Gasteiger partial charge is 0.368 e. The lowest BCUT2D eigenvalue weighted by atomic mass is 9.95. The van der Waals surface area contributed by atoms with Gasteiger partial charge < -0.3 is 10.6 Å². The third kappa shape index (κ3) is 3.87. The fourth-order valence-corrected chi connectivity index (χ4v) is 4.51. The summed E-state index contributed by atoms with van der Waals surface area (Å²) in [7, 11) is 0. The first-order chi connectivity index (χ1) is 15.6. The molecule has 4 aromatic rings. The van der Waals surface area contributed by atoms with Gasteiger partial charge in [0.1, 0.15) is 5.82 Å². The number of fused-ring (bicyclic) bond motifs is 1. The van der Waals surface area contributed by atoms with Crippen LogP contribution in [0.1, 0.15) is 18.4 Å². The number of aromatic nitrogens is 3. The number of nitrogens with zero attached hydrogens (tertiary/aromatic N) is 3. The van der Waals surface area contributed by atoms with Crippen LogP contribution in [0.3, 0.4) is 0 Å². The van der Waals surface area contributed by atoms with E-state index in [9.17, 15) is 4.79 Å². The van der Waals surface area contributed by atoms with Gasteiger partial charge in [-0.05, 0) is 40.4 Å². The summed E-state index contributed by atoms with van der Waals surface area (Å²) in [4.78, 5) is 17.6. The molecule has 0 saturated heterocycles. The maximum Gasteiger partial charge on any atom is 0.230 e. The second kappa shape index (κ2) is 8.56. The molecule has 0 bridgehead atoms. The minimum Gasteiger partial charge on any atom is -0.368 e. The van der Waals surface area contributed by atoms with Crippen molar-refractivity contribution in [3.8, 4) is 11.3 Å². The van der Waals surface area contributed by atoms with Crippen LogP contribution in [0, 0.1) is 0 Å². The lowest BCUT2D eigenvalue weighted by Crippen LogP contribution is -2.37. The molecule has 0 aliphatic heterocycles. The van der Waals surface area contributed by atoms with Crippen molar-refractivity contribution in [3.63, 3.8) is 0 Å². The van der Waals surface area contributed by atoms with Gasteiger partial charge in [-0.15, -0.1) is 0 Å². The normalized spacial score (nSPS) is 14.3. The number of hydrogen-bond donors (Lipinski definition) is 2. The topological polar surface area (TPSA) is 71.3 Å². The third-order valence-corrected chi connectivity index (χ3v) is 6.70. The molecule has 0 radical (unpaired) electrons. The van der Waals surface area contributed by atoms with Gasteiger partial charge in [-0.25, -0.2) is 4.98 Å². The van der Waals surface area contributed by atoms with Gasteiger partial charge in [-0.3, -0.25) is 4.79 Å². The number of carbonyl (C=O) groups is 1. The zero-order valence-electron chi connectivity index (χ0n) is 17.2. The fraction of sp³-hybridized carbons (Fsp3) is 0.208. The van der Waals surface area contributed by atoms with Gasteiger partial charge in [0.2, 0.25) is 5.91 Å². The Labute approximate surface area is 199 Å². The lowest BCUT2D eigenvalue weighted by molar-refractivity contribution is -0.123. The highest BCUT2D eigenvalue weighted by molar-refractivity contribution is 9.10. The molecule has 2 heterocycles. The third-order valence-electron chi connectivity index (χ3n) is 5.81. The lowest BCUT2D eigenvalue weighted by Gasteiger charge is -2.16. The van der Waals surface area contributed by atoms with Gasteiger partial charge >= 0.3 is 0 Å². The fourth-order valence-electron chi connectivity index (χ4n) is 3.93. The molecule has 2 aromatic heterocycles. The van der Waals surface area contributed by atoms with Gasteiger partial charge in [0.25, 0.3) is 0 Å². The first-order valence-electron chi connectivity index (χ1n) is 10.5. The second-order valence-corrected chi connectivity index (χ2v) is 9.13. The molecule has 1 aliphatic carbocycles. The molecule has 32 heavy (non-hydrogen) atoms. The highest BCUT2D eigenvalue weighted by Gasteiger charge is 2.50. The van der Waals surface area contributed by atoms with E-state index in [1.54, 1.807) is 10.7 Å². The van der Waals surface area contributed by atoms with Crippen LogP contribution in [0.5, 0.6) is 0 Å². The average molecular weight is 511 g/mol. The molecule has 1 saturated carbocycles. The maximum absolute atomic E-state index is 12.8. The number of benzene rings is 2. The molecule has 8 heteroatoms. The van der Waals surface area contributed by atoms with E-state index in [1.165, 1.54) is 0 Å². The SMILES string of the molecule is O=C(NCCNc1cc(-c2ccccc2Cl)nc2c(Br)cnn12)C1(c2ccccc2)CC1. The summed E-state index contributed by atoms with van der Waals surface area (Å²) < 4.78 is 2.53. The van der Waals surface area contributed by atoms with E-state index in [4.69, 9.17) is 16.6 Å². The van der Waals surface area contributed by atoms with Crippen LogP contribution < -0.4 is 10.6 Å². The van der Waals surface area contributed by atoms with E-state index in [0.717, 1.165) is 40.0 Å². The number of halogens is 2. The molecule has 0 spiro atoms. The monoisotopic (exact) mass is 509 g/mol. The predicted molar refractivity (Wildman–Crippen MR) is 130 cm³/mol. The van der Waals surface area contributed by atoms with Crippen molar-refractivity contribution in [1.82, 2.24) is 19.9 Å². The predicted octanol–water partition coefficient (Wildman–Crippen LogP) is 5.07. The van der Waals surface area contributed by atoms with Gasteiger partial charge in [-0.1, -0.05) is 60.1 Å². The Bertz CT molecular complexity index is 1290. The summed E-state index contributed by atoms with van der Waals surface area (Å²) >= 11 is 9.91. The van der Waals surface area contributed by atoms with Crippen molar-refractivity contribution in [2.24, 2.45) is 0 Å². The molecule has 1 amide bonds. The number of amides is 1. The van der Waals surface area contributed by atoms with Gasteiger partial charge in [0.05, 0.1) is 21.8 Å². The minimum absolute atomic E-state index is 0.0870. The van der Waals surface area contributed by atoms with Gasteiger partial charge in [0.15, 0.2) is 5.65 Å². The Morgan fingerprint density at radius 2 is 1.84 bits per heavy atom. The van der Waals surface area contributed by atoms with E-state index in [-0.39, 0.29) is 11.3 Å². The van der Waals surface area contributed by atoms with Crippen LogP contribution in [0.15, 0.2) is 71.3 Å². The zero-order valence-corrected chi connectivity index (χ0v) is 19.5. The van der Waals surface area contributed by atoms with E-state index >= 15 is 0 Å². The summed E-state index contributed by atoms with van der Waals surface area (Å²) in [5.74, 6) is 0.859. The molecule has 2 aromatic carbocycles. The summed E-state index contributed by atoms with van der Waals surface area (Å²) in [6.45, 7) is 1.05. The highest BCUT2D eigenvalue weighted by atomic mass is 79.9. The summed E-state index contributed by atoms with van der Waals surface area (Å²) in [5, 5.41) is 11.5. The van der Waals surface area contributed by atoms with Crippen LogP contribution in [0.25, 0.3) is 16.9 Å². The Hall–Kier alpha value is -2.90. The molecule has 1 aliphatic rings. The quantitative estimate of drug-likeness (QED) is 0.341. The standard InChI is InChI=1S/C24H21BrClN5O/c25-18-15-29-31-21(14-20(30-22(18)31)17-8-4-5-9-19(17)26)27-12-13-28-23(32)24(10-11-24)16-6-2-1-3-7-16/h1-9,14-15,27H,10-13H2,(H,28,32). The molecule has 5 rings (SSSR count). The van der Waals surface area contributed by atoms with Crippen LogP contribution in [0.4, 0.5) is 5.82 Å². The number of rotatable bonds is 7. The first kappa shape index (κ1) is 21.0. The van der Waals surface area contributed by atoms with E-state index in [1.807, 2.05) is 60.7 Å². The second-order valence-electron chi connectivity index (χ2n) is 7.87. The number of nitrogens with one attached hydrogen (secondary N) is 2. The van der Waals surface area contributed by atoms with Crippen LogP contribution in [0.2, 0.25) is 5.02 Å². The van der Waals surface area contributed by atoms with Crippen molar-refractivity contribution < 1.29 is 4.79 Å². The summed E-state index contributed by atoms with van der Waals surface area (Å²) in [5.41, 5.74) is 3.01. The number of hydrogen-bond acceptors (Lipinski definition) is 4.